The van der Waals surface area contributed by atoms with Crippen LogP contribution in [0.2, 0.25) is 0 Å². The highest BCUT2D eigenvalue weighted by molar-refractivity contribution is 5.78. The second-order valence-electron chi connectivity index (χ2n) is 5.57. The minimum Gasteiger partial charge on any atom is -0.480 e. The van der Waals surface area contributed by atoms with E-state index in [1.165, 1.54) is 0 Å². The fourth-order valence-electron chi connectivity index (χ4n) is 2.53. The van der Waals surface area contributed by atoms with E-state index in [4.69, 9.17) is 0 Å². The molecule has 1 aromatic rings. The Hall–Kier alpha value is -1.43. The Bertz CT molecular complexity index is 456. The lowest BCUT2D eigenvalue weighted by atomic mass is 9.89. The third-order valence-corrected chi connectivity index (χ3v) is 3.51. The maximum absolute atomic E-state index is 11.6. The van der Waals surface area contributed by atoms with Gasteiger partial charge in [-0.3, -0.25) is 14.8 Å². The molecule has 0 saturated heterocycles. The number of aryl methyl sites for hydroxylation is 3. The number of hydrogen-bond acceptors (Lipinski definition) is 4. The van der Waals surface area contributed by atoms with Crippen molar-refractivity contribution >= 4 is 5.97 Å². The van der Waals surface area contributed by atoms with Gasteiger partial charge in [0.05, 0.1) is 0 Å². The quantitative estimate of drug-likeness (QED) is 0.761. The Morgan fingerprint density at radius 2 is 2.10 bits per heavy atom. The van der Waals surface area contributed by atoms with Crippen molar-refractivity contribution in [3.63, 3.8) is 0 Å². The molecule has 1 unspecified atom stereocenters. The van der Waals surface area contributed by atoms with Crippen LogP contribution in [0.15, 0.2) is 0 Å². The zero-order valence-corrected chi connectivity index (χ0v) is 13.1. The van der Waals surface area contributed by atoms with Crippen LogP contribution in [0.25, 0.3) is 0 Å². The first-order chi connectivity index (χ1) is 9.30. The highest BCUT2D eigenvalue weighted by atomic mass is 16.4. The lowest BCUT2D eigenvalue weighted by Crippen LogP contribution is -2.54. The molecule has 1 rings (SSSR count). The van der Waals surface area contributed by atoms with Gasteiger partial charge >= 0.3 is 5.97 Å². The molecule has 0 bridgehead atoms. The van der Waals surface area contributed by atoms with Gasteiger partial charge in [-0.25, -0.2) is 4.98 Å². The standard InChI is InChI=1S/C14H26N4O2/c1-6-14(13(19)20,16-10(2)3)8-7-9-18-12(5)15-11(4)17-18/h10,16H,6-9H2,1-5H3,(H,19,20). The molecule has 0 radical (unpaired) electrons. The first kappa shape index (κ1) is 16.6. The molecule has 0 saturated carbocycles. The predicted octanol–water partition coefficient (Wildman–Crippen LogP) is 1.91. The number of nitrogens with zero attached hydrogens (tertiary/aromatic N) is 3. The molecule has 0 aliphatic carbocycles. The maximum atomic E-state index is 11.6. The summed E-state index contributed by atoms with van der Waals surface area (Å²) in [6.45, 7) is 10.3. The highest BCUT2D eigenvalue weighted by Crippen LogP contribution is 2.20. The summed E-state index contributed by atoms with van der Waals surface area (Å²) in [7, 11) is 0. The summed E-state index contributed by atoms with van der Waals surface area (Å²) in [4.78, 5) is 15.9. The Labute approximate surface area is 120 Å². The fourth-order valence-corrected chi connectivity index (χ4v) is 2.53. The van der Waals surface area contributed by atoms with Crippen LogP contribution in [0.5, 0.6) is 0 Å². The van der Waals surface area contributed by atoms with Gasteiger partial charge in [0.15, 0.2) is 0 Å². The molecule has 1 aromatic heterocycles. The molecule has 6 heteroatoms. The molecule has 0 aromatic carbocycles. The van der Waals surface area contributed by atoms with Gasteiger partial charge < -0.3 is 5.11 Å². The molecule has 0 aliphatic rings. The van der Waals surface area contributed by atoms with Crippen LogP contribution >= 0.6 is 0 Å². The maximum Gasteiger partial charge on any atom is 0.323 e. The predicted molar refractivity (Wildman–Crippen MR) is 77.7 cm³/mol. The van der Waals surface area contributed by atoms with E-state index in [0.717, 1.165) is 18.1 Å². The molecule has 1 atom stereocenters. The number of hydrogen-bond donors (Lipinski definition) is 2. The van der Waals surface area contributed by atoms with E-state index in [1.807, 2.05) is 39.3 Å². The normalized spacial score (nSPS) is 14.5. The van der Waals surface area contributed by atoms with Gasteiger partial charge in [-0.2, -0.15) is 5.10 Å². The average Bonchev–Trinajstić information content (AvgIpc) is 2.65. The summed E-state index contributed by atoms with van der Waals surface area (Å²) >= 11 is 0. The molecule has 6 nitrogen and oxygen atoms in total. The van der Waals surface area contributed by atoms with Gasteiger partial charge in [-0.05, 0) is 47.0 Å². The molecule has 0 amide bonds. The fraction of sp³-hybridized carbons (Fsp3) is 0.786. The van der Waals surface area contributed by atoms with E-state index in [-0.39, 0.29) is 6.04 Å². The van der Waals surface area contributed by atoms with Gasteiger partial charge in [-0.15, -0.1) is 0 Å². The van der Waals surface area contributed by atoms with Crippen molar-refractivity contribution in [3.8, 4) is 0 Å². The van der Waals surface area contributed by atoms with Crippen molar-refractivity contribution in [2.45, 2.75) is 72.0 Å². The largest absolute Gasteiger partial charge is 0.480 e. The SMILES string of the molecule is CCC(CCCn1nc(C)nc1C)(NC(C)C)C(=O)O. The van der Waals surface area contributed by atoms with Crippen LogP contribution in [0.3, 0.4) is 0 Å². The van der Waals surface area contributed by atoms with Crippen molar-refractivity contribution in [2.75, 3.05) is 0 Å². The molecule has 114 valence electrons. The van der Waals surface area contributed by atoms with Gasteiger partial charge in [0.2, 0.25) is 0 Å². The minimum atomic E-state index is -0.850. The summed E-state index contributed by atoms with van der Waals surface area (Å²) in [6, 6.07) is 0.140. The van der Waals surface area contributed by atoms with Crippen LogP contribution in [-0.4, -0.2) is 37.4 Å². The topological polar surface area (TPSA) is 80.0 Å². The van der Waals surface area contributed by atoms with E-state index >= 15 is 0 Å². The van der Waals surface area contributed by atoms with Gasteiger partial charge in [0.1, 0.15) is 17.2 Å². The van der Waals surface area contributed by atoms with Crippen molar-refractivity contribution in [2.24, 2.45) is 0 Å². The van der Waals surface area contributed by atoms with Gasteiger partial charge in [-0.1, -0.05) is 6.92 Å². The van der Waals surface area contributed by atoms with E-state index in [0.29, 0.717) is 19.4 Å². The summed E-state index contributed by atoms with van der Waals surface area (Å²) in [6.07, 6.45) is 1.90. The Morgan fingerprint density at radius 3 is 2.50 bits per heavy atom. The Kier molecular flexibility index (Phi) is 5.68. The number of aliphatic carboxylic acids is 1. The molecule has 0 aliphatic heterocycles. The van der Waals surface area contributed by atoms with Crippen LogP contribution in [-0.2, 0) is 11.3 Å². The number of carbonyl (C=O) groups is 1. The molecular formula is C14H26N4O2. The van der Waals surface area contributed by atoms with Crippen LogP contribution < -0.4 is 5.32 Å². The molecule has 0 fully saturated rings. The van der Waals surface area contributed by atoms with E-state index < -0.39 is 11.5 Å². The van der Waals surface area contributed by atoms with Gasteiger partial charge in [0, 0.05) is 12.6 Å². The molecule has 20 heavy (non-hydrogen) atoms. The lowest BCUT2D eigenvalue weighted by Gasteiger charge is -2.31. The number of carboxylic acid groups (broad SMARTS) is 1. The first-order valence-electron chi connectivity index (χ1n) is 7.20. The summed E-state index contributed by atoms with van der Waals surface area (Å²) in [5.41, 5.74) is -0.850. The van der Waals surface area contributed by atoms with Crippen molar-refractivity contribution in [1.29, 1.82) is 0 Å². The van der Waals surface area contributed by atoms with Crippen molar-refractivity contribution in [3.05, 3.63) is 11.6 Å². The van der Waals surface area contributed by atoms with E-state index in [2.05, 4.69) is 15.4 Å². The molecule has 1 heterocycles. The smallest absolute Gasteiger partial charge is 0.323 e. The van der Waals surface area contributed by atoms with E-state index in [1.54, 1.807) is 0 Å². The zero-order valence-electron chi connectivity index (χ0n) is 13.1. The molecular weight excluding hydrogens is 256 g/mol. The second-order valence-corrected chi connectivity index (χ2v) is 5.57. The monoisotopic (exact) mass is 282 g/mol. The van der Waals surface area contributed by atoms with Crippen LogP contribution in [0.1, 0.15) is 51.7 Å². The number of nitrogens with one attached hydrogen (secondary N) is 1. The number of aromatic nitrogens is 3. The Balaban J connectivity index is 2.67. The summed E-state index contributed by atoms with van der Waals surface area (Å²) < 4.78 is 1.84. The third kappa shape index (κ3) is 4.03. The van der Waals surface area contributed by atoms with Crippen molar-refractivity contribution in [1.82, 2.24) is 20.1 Å². The Morgan fingerprint density at radius 1 is 1.45 bits per heavy atom. The van der Waals surface area contributed by atoms with E-state index in [9.17, 15) is 9.90 Å². The van der Waals surface area contributed by atoms with Crippen LogP contribution in [0.4, 0.5) is 0 Å². The molecule has 2 N–H and O–H groups in total. The average molecular weight is 282 g/mol. The minimum absolute atomic E-state index is 0.140. The number of carboxylic acids is 1. The third-order valence-electron chi connectivity index (χ3n) is 3.51. The highest BCUT2D eigenvalue weighted by Gasteiger charge is 2.36. The van der Waals surface area contributed by atoms with Crippen molar-refractivity contribution < 1.29 is 9.90 Å². The molecule has 0 spiro atoms. The first-order valence-corrected chi connectivity index (χ1v) is 7.20. The van der Waals surface area contributed by atoms with Gasteiger partial charge in [0.25, 0.3) is 0 Å². The van der Waals surface area contributed by atoms with Crippen LogP contribution in [0, 0.1) is 13.8 Å². The summed E-state index contributed by atoms with van der Waals surface area (Å²) in [5.74, 6) is 0.847. The summed E-state index contributed by atoms with van der Waals surface area (Å²) in [5, 5.41) is 17.0. The second kappa shape index (κ2) is 6.83. The number of rotatable bonds is 8. The zero-order chi connectivity index (χ0) is 15.3. The lowest BCUT2D eigenvalue weighted by molar-refractivity contribution is -0.145.